The fraction of sp³-hybridized carbons (Fsp3) is 0. The van der Waals surface area contributed by atoms with E-state index < -0.39 is 0 Å². The number of aromatic amines is 1. The Hall–Kier alpha value is -2.70. The number of aromatic nitrogens is 6. The van der Waals surface area contributed by atoms with Crippen molar-refractivity contribution in [1.29, 1.82) is 0 Å². The molecule has 0 aliphatic rings. The standard InChI is InChI=1S/C10H8N6O/c17-10-11-5-6-15(10)8-1-3-9(4-2-8)16-13-7-12-14-16/h1-7H,(H,11,17). The molecule has 0 aliphatic carbocycles. The lowest BCUT2D eigenvalue weighted by Gasteiger charge is -2.02. The highest BCUT2D eigenvalue weighted by Gasteiger charge is 2.01. The van der Waals surface area contributed by atoms with E-state index in [0.717, 1.165) is 11.4 Å². The number of tetrazole rings is 1. The Morgan fingerprint density at radius 1 is 1.12 bits per heavy atom. The second kappa shape index (κ2) is 3.71. The molecule has 2 heterocycles. The summed E-state index contributed by atoms with van der Waals surface area (Å²) in [6, 6.07) is 7.26. The van der Waals surface area contributed by atoms with Crippen LogP contribution in [-0.4, -0.2) is 29.8 Å². The molecule has 1 aromatic carbocycles. The van der Waals surface area contributed by atoms with E-state index in [1.54, 1.807) is 12.4 Å². The van der Waals surface area contributed by atoms with Crippen LogP contribution in [0.5, 0.6) is 0 Å². The highest BCUT2D eigenvalue weighted by Crippen LogP contribution is 2.09. The molecule has 7 nitrogen and oxygen atoms in total. The molecular formula is C10H8N6O. The third-order valence-corrected chi connectivity index (χ3v) is 2.36. The van der Waals surface area contributed by atoms with Crippen molar-refractivity contribution in [3.63, 3.8) is 0 Å². The highest BCUT2D eigenvalue weighted by molar-refractivity contribution is 5.40. The number of H-pyrrole nitrogens is 1. The van der Waals surface area contributed by atoms with E-state index in [4.69, 9.17) is 0 Å². The molecule has 0 bridgehead atoms. The molecule has 0 radical (unpaired) electrons. The van der Waals surface area contributed by atoms with Gasteiger partial charge in [0, 0.05) is 12.4 Å². The molecule has 84 valence electrons. The minimum atomic E-state index is -0.170. The first-order chi connectivity index (χ1) is 8.34. The van der Waals surface area contributed by atoms with Crippen molar-refractivity contribution in [2.75, 3.05) is 0 Å². The van der Waals surface area contributed by atoms with Crippen LogP contribution in [0.2, 0.25) is 0 Å². The summed E-state index contributed by atoms with van der Waals surface area (Å²) in [5.74, 6) is 0. The van der Waals surface area contributed by atoms with Gasteiger partial charge in [0.1, 0.15) is 0 Å². The normalized spacial score (nSPS) is 10.6. The summed E-state index contributed by atoms with van der Waals surface area (Å²) in [6.07, 6.45) is 4.63. The Bertz CT molecular complexity index is 663. The minimum absolute atomic E-state index is 0.170. The number of hydrogen-bond acceptors (Lipinski definition) is 4. The van der Waals surface area contributed by atoms with Gasteiger partial charge in [-0.15, -0.1) is 15.0 Å². The van der Waals surface area contributed by atoms with Gasteiger partial charge in [-0.25, -0.2) is 4.79 Å². The van der Waals surface area contributed by atoms with Crippen molar-refractivity contribution >= 4 is 0 Å². The van der Waals surface area contributed by atoms with E-state index in [-0.39, 0.29) is 5.69 Å². The highest BCUT2D eigenvalue weighted by atomic mass is 16.1. The fourth-order valence-electron chi connectivity index (χ4n) is 1.56. The van der Waals surface area contributed by atoms with Gasteiger partial charge >= 0.3 is 5.69 Å². The molecule has 0 spiro atoms. The molecule has 3 rings (SSSR count). The first-order valence-electron chi connectivity index (χ1n) is 4.94. The Kier molecular flexibility index (Phi) is 2.08. The van der Waals surface area contributed by atoms with Gasteiger partial charge < -0.3 is 4.98 Å². The predicted molar refractivity (Wildman–Crippen MR) is 59.1 cm³/mol. The Morgan fingerprint density at radius 2 is 1.88 bits per heavy atom. The van der Waals surface area contributed by atoms with Crippen molar-refractivity contribution < 1.29 is 0 Å². The minimum Gasteiger partial charge on any atom is -0.312 e. The van der Waals surface area contributed by atoms with Crippen LogP contribution < -0.4 is 5.69 Å². The van der Waals surface area contributed by atoms with Crippen LogP contribution in [-0.2, 0) is 0 Å². The summed E-state index contributed by atoms with van der Waals surface area (Å²) >= 11 is 0. The van der Waals surface area contributed by atoms with Gasteiger partial charge in [0.05, 0.1) is 11.4 Å². The molecule has 17 heavy (non-hydrogen) atoms. The van der Waals surface area contributed by atoms with E-state index in [9.17, 15) is 4.79 Å². The second-order valence-electron chi connectivity index (χ2n) is 3.38. The van der Waals surface area contributed by atoms with Crippen LogP contribution in [0, 0.1) is 0 Å². The van der Waals surface area contributed by atoms with Crippen LogP contribution in [0.4, 0.5) is 0 Å². The van der Waals surface area contributed by atoms with Gasteiger partial charge in [-0.05, 0) is 29.5 Å². The third-order valence-electron chi connectivity index (χ3n) is 2.36. The largest absolute Gasteiger partial charge is 0.330 e. The van der Waals surface area contributed by atoms with Crippen LogP contribution in [0.15, 0.2) is 47.8 Å². The monoisotopic (exact) mass is 228 g/mol. The Morgan fingerprint density at radius 3 is 2.47 bits per heavy atom. The molecule has 0 atom stereocenters. The van der Waals surface area contributed by atoms with Crippen LogP contribution in [0.25, 0.3) is 11.4 Å². The average Bonchev–Trinajstić information content (AvgIpc) is 3.00. The maximum absolute atomic E-state index is 11.4. The van der Waals surface area contributed by atoms with E-state index in [1.807, 2.05) is 24.3 Å². The lowest BCUT2D eigenvalue weighted by atomic mass is 10.3. The molecule has 7 heteroatoms. The predicted octanol–water partition coefficient (Wildman–Crippen LogP) is 0.141. The number of hydrogen-bond donors (Lipinski definition) is 1. The summed E-state index contributed by atoms with van der Waals surface area (Å²) in [5.41, 5.74) is 1.39. The zero-order valence-electron chi connectivity index (χ0n) is 8.69. The maximum atomic E-state index is 11.4. The topological polar surface area (TPSA) is 81.4 Å². The first kappa shape index (κ1) is 9.52. The average molecular weight is 228 g/mol. The Labute approximate surface area is 95.3 Å². The van der Waals surface area contributed by atoms with Gasteiger partial charge in [-0.2, -0.15) is 0 Å². The molecule has 0 fully saturated rings. The molecule has 0 saturated heterocycles. The van der Waals surface area contributed by atoms with Gasteiger partial charge in [0.15, 0.2) is 6.33 Å². The molecule has 0 saturated carbocycles. The van der Waals surface area contributed by atoms with Crippen LogP contribution in [0.1, 0.15) is 0 Å². The lowest BCUT2D eigenvalue weighted by Crippen LogP contribution is -2.13. The van der Waals surface area contributed by atoms with Crippen molar-refractivity contribution in [1.82, 2.24) is 29.8 Å². The zero-order valence-corrected chi connectivity index (χ0v) is 8.69. The summed E-state index contributed by atoms with van der Waals surface area (Å²) in [4.78, 5) is 15.4. The summed E-state index contributed by atoms with van der Waals surface area (Å²) in [5, 5.41) is 11.3. The SMILES string of the molecule is O=c1[nH]ccn1-c1ccc(-n2ncnn2)cc1. The van der Waals surface area contributed by atoms with Crippen molar-refractivity contribution in [2.45, 2.75) is 0 Å². The molecule has 0 amide bonds. The van der Waals surface area contributed by atoms with Crippen molar-refractivity contribution in [3.8, 4) is 11.4 Å². The quantitative estimate of drug-likeness (QED) is 0.676. The summed E-state index contributed by atoms with van der Waals surface area (Å²) in [6.45, 7) is 0. The second-order valence-corrected chi connectivity index (χ2v) is 3.38. The molecule has 0 unspecified atom stereocenters. The molecule has 1 N–H and O–H groups in total. The van der Waals surface area contributed by atoms with Gasteiger partial charge in [-0.1, -0.05) is 0 Å². The van der Waals surface area contributed by atoms with Crippen molar-refractivity contribution in [2.24, 2.45) is 0 Å². The molecule has 2 aromatic heterocycles. The van der Waals surface area contributed by atoms with Gasteiger partial charge in [0.25, 0.3) is 0 Å². The maximum Gasteiger partial charge on any atom is 0.330 e. The van der Waals surface area contributed by atoms with E-state index in [1.165, 1.54) is 15.7 Å². The smallest absolute Gasteiger partial charge is 0.312 e. The van der Waals surface area contributed by atoms with E-state index in [0.29, 0.717) is 0 Å². The summed E-state index contributed by atoms with van der Waals surface area (Å²) in [7, 11) is 0. The zero-order chi connectivity index (χ0) is 11.7. The number of benzene rings is 1. The Balaban J connectivity index is 2.01. The first-order valence-corrected chi connectivity index (χ1v) is 4.94. The number of nitrogens with zero attached hydrogens (tertiary/aromatic N) is 5. The van der Waals surface area contributed by atoms with Crippen LogP contribution >= 0.6 is 0 Å². The summed E-state index contributed by atoms with van der Waals surface area (Å²) < 4.78 is 1.51. The molecule has 0 aliphatic heterocycles. The molecule has 3 aromatic rings. The number of nitrogens with one attached hydrogen (secondary N) is 1. The van der Waals surface area contributed by atoms with Crippen molar-refractivity contribution in [3.05, 3.63) is 53.5 Å². The van der Waals surface area contributed by atoms with Gasteiger partial charge in [0.2, 0.25) is 0 Å². The van der Waals surface area contributed by atoms with E-state index in [2.05, 4.69) is 20.4 Å². The fourth-order valence-corrected chi connectivity index (χ4v) is 1.56. The van der Waals surface area contributed by atoms with Crippen LogP contribution in [0.3, 0.4) is 0 Å². The number of imidazole rings is 1. The van der Waals surface area contributed by atoms with Gasteiger partial charge in [-0.3, -0.25) is 4.57 Å². The number of rotatable bonds is 2. The van der Waals surface area contributed by atoms with E-state index >= 15 is 0 Å². The lowest BCUT2D eigenvalue weighted by molar-refractivity contribution is 0.719. The third kappa shape index (κ3) is 1.63. The molecular weight excluding hydrogens is 220 g/mol.